The molecular formula is C16H18N2O5. The van der Waals surface area contributed by atoms with E-state index in [9.17, 15) is 9.59 Å². The summed E-state index contributed by atoms with van der Waals surface area (Å²) in [5.74, 6) is 0.369. The monoisotopic (exact) mass is 318 g/mol. The van der Waals surface area contributed by atoms with Crippen molar-refractivity contribution in [2.75, 3.05) is 40.5 Å². The minimum Gasteiger partial charge on any atom is -0.497 e. The van der Waals surface area contributed by atoms with Crippen molar-refractivity contribution < 1.29 is 19.1 Å². The van der Waals surface area contributed by atoms with Crippen molar-refractivity contribution in [2.45, 2.75) is 0 Å². The Morgan fingerprint density at radius 1 is 1.17 bits per heavy atom. The van der Waals surface area contributed by atoms with Gasteiger partial charge in [-0.05, 0) is 29.7 Å². The molecule has 0 radical (unpaired) electrons. The van der Waals surface area contributed by atoms with E-state index in [1.165, 1.54) is 7.11 Å². The molecule has 1 amide bonds. The number of methoxy groups -OCH3 is 1. The SMILES string of the molecule is COc1ccc2c(=O)n(OC)c(C(=O)N3CCOCC3)cc2c1. The van der Waals surface area contributed by atoms with Crippen LogP contribution in [0.4, 0.5) is 0 Å². The van der Waals surface area contributed by atoms with Gasteiger partial charge in [-0.1, -0.05) is 0 Å². The molecule has 7 nitrogen and oxygen atoms in total. The molecule has 1 aromatic carbocycles. The summed E-state index contributed by atoms with van der Waals surface area (Å²) < 4.78 is 11.5. The third kappa shape index (κ3) is 2.75. The highest BCUT2D eigenvalue weighted by atomic mass is 16.7. The van der Waals surface area contributed by atoms with E-state index in [1.54, 1.807) is 36.3 Å². The van der Waals surface area contributed by atoms with Crippen LogP contribution in [0.25, 0.3) is 10.8 Å². The van der Waals surface area contributed by atoms with Gasteiger partial charge in [0.05, 0.1) is 25.7 Å². The van der Waals surface area contributed by atoms with E-state index < -0.39 is 0 Å². The number of ether oxygens (including phenoxy) is 2. The van der Waals surface area contributed by atoms with Crippen LogP contribution < -0.4 is 15.1 Å². The molecule has 0 saturated carbocycles. The number of benzene rings is 1. The van der Waals surface area contributed by atoms with Gasteiger partial charge in [0.2, 0.25) is 0 Å². The zero-order valence-corrected chi connectivity index (χ0v) is 13.1. The highest BCUT2D eigenvalue weighted by Crippen LogP contribution is 2.20. The molecule has 2 heterocycles. The number of amides is 1. The topological polar surface area (TPSA) is 70.0 Å². The van der Waals surface area contributed by atoms with Crippen LogP contribution >= 0.6 is 0 Å². The third-order valence-electron chi connectivity index (χ3n) is 3.88. The standard InChI is InChI=1S/C16H18N2O5/c1-21-12-3-4-13-11(9-12)10-14(18(22-2)15(13)19)16(20)17-5-7-23-8-6-17/h3-4,9-10H,5-8H2,1-2H3. The van der Waals surface area contributed by atoms with Crippen molar-refractivity contribution in [3.63, 3.8) is 0 Å². The minimum absolute atomic E-state index is 0.195. The molecule has 7 heteroatoms. The van der Waals surface area contributed by atoms with E-state index >= 15 is 0 Å². The second-order valence-corrected chi connectivity index (χ2v) is 5.17. The first kappa shape index (κ1) is 15.4. The summed E-state index contributed by atoms with van der Waals surface area (Å²) in [6.45, 7) is 1.97. The maximum Gasteiger partial charge on any atom is 0.291 e. The lowest BCUT2D eigenvalue weighted by Gasteiger charge is -2.27. The maximum absolute atomic E-state index is 12.7. The summed E-state index contributed by atoms with van der Waals surface area (Å²) in [6, 6.07) is 6.75. The lowest BCUT2D eigenvalue weighted by molar-refractivity contribution is 0.0271. The molecular weight excluding hydrogens is 300 g/mol. The molecule has 0 N–H and O–H groups in total. The Kier molecular flexibility index (Phi) is 4.20. The highest BCUT2D eigenvalue weighted by molar-refractivity contribution is 5.97. The zero-order valence-electron chi connectivity index (χ0n) is 13.1. The quantitative estimate of drug-likeness (QED) is 0.826. The molecule has 3 rings (SSSR count). The van der Waals surface area contributed by atoms with E-state index in [2.05, 4.69) is 0 Å². The average Bonchev–Trinajstić information content (AvgIpc) is 2.61. The van der Waals surface area contributed by atoms with Crippen LogP contribution in [0.2, 0.25) is 0 Å². The average molecular weight is 318 g/mol. The number of rotatable bonds is 3. The van der Waals surface area contributed by atoms with Gasteiger partial charge < -0.3 is 19.2 Å². The largest absolute Gasteiger partial charge is 0.497 e. The number of carbonyl (C=O) groups excluding carboxylic acids is 1. The summed E-state index contributed by atoms with van der Waals surface area (Å²) in [5.41, 5.74) is -0.176. The predicted molar refractivity (Wildman–Crippen MR) is 84.0 cm³/mol. The second kappa shape index (κ2) is 6.29. The molecule has 122 valence electrons. The predicted octanol–water partition coefficient (Wildman–Crippen LogP) is 0.541. The Bertz CT molecular complexity index is 793. The molecule has 0 spiro atoms. The van der Waals surface area contributed by atoms with Crippen molar-refractivity contribution in [1.29, 1.82) is 0 Å². The van der Waals surface area contributed by atoms with Crippen molar-refractivity contribution in [3.05, 3.63) is 40.3 Å². The third-order valence-corrected chi connectivity index (χ3v) is 3.88. The molecule has 0 atom stereocenters. The van der Waals surface area contributed by atoms with Crippen LogP contribution in [-0.4, -0.2) is 56.1 Å². The Morgan fingerprint density at radius 2 is 1.91 bits per heavy atom. The molecule has 23 heavy (non-hydrogen) atoms. The van der Waals surface area contributed by atoms with E-state index in [0.717, 1.165) is 4.73 Å². The summed E-state index contributed by atoms with van der Waals surface area (Å²) >= 11 is 0. The fraction of sp³-hybridized carbons (Fsp3) is 0.375. The van der Waals surface area contributed by atoms with Crippen molar-refractivity contribution >= 4 is 16.7 Å². The van der Waals surface area contributed by atoms with Crippen molar-refractivity contribution in [2.24, 2.45) is 0 Å². The Balaban J connectivity index is 2.14. The lowest BCUT2D eigenvalue weighted by Crippen LogP contribution is -2.43. The normalized spacial score (nSPS) is 14.8. The number of hydrogen-bond acceptors (Lipinski definition) is 5. The number of carbonyl (C=O) groups is 1. The number of pyridine rings is 1. The van der Waals surface area contributed by atoms with Gasteiger partial charge in [-0.3, -0.25) is 9.59 Å². The van der Waals surface area contributed by atoms with Gasteiger partial charge in [-0.15, -0.1) is 4.73 Å². The first-order valence-corrected chi connectivity index (χ1v) is 7.31. The summed E-state index contributed by atoms with van der Waals surface area (Å²) in [4.78, 5) is 32.1. The Hall–Kier alpha value is -2.54. The van der Waals surface area contributed by atoms with Gasteiger partial charge in [0.1, 0.15) is 18.6 Å². The highest BCUT2D eigenvalue weighted by Gasteiger charge is 2.23. The van der Waals surface area contributed by atoms with Gasteiger partial charge in [0, 0.05) is 13.1 Å². The van der Waals surface area contributed by atoms with Crippen molar-refractivity contribution in [1.82, 2.24) is 9.63 Å². The van der Waals surface area contributed by atoms with Crippen LogP contribution in [0.3, 0.4) is 0 Å². The Morgan fingerprint density at radius 3 is 2.57 bits per heavy atom. The molecule has 1 aliphatic rings. The van der Waals surface area contributed by atoms with Crippen molar-refractivity contribution in [3.8, 4) is 5.75 Å². The minimum atomic E-state index is -0.371. The first-order chi connectivity index (χ1) is 11.2. The van der Waals surface area contributed by atoms with Gasteiger partial charge in [0.15, 0.2) is 0 Å². The van der Waals surface area contributed by atoms with Crippen LogP contribution in [0.1, 0.15) is 10.5 Å². The maximum atomic E-state index is 12.7. The van der Waals surface area contributed by atoms with E-state index in [-0.39, 0.29) is 17.2 Å². The molecule has 1 aliphatic heterocycles. The first-order valence-electron chi connectivity index (χ1n) is 7.31. The molecule has 1 fully saturated rings. The Labute approximate surface area is 132 Å². The number of nitrogens with zero attached hydrogens (tertiary/aromatic N) is 2. The van der Waals surface area contributed by atoms with Crippen LogP contribution in [-0.2, 0) is 4.74 Å². The molecule has 0 aliphatic carbocycles. The molecule has 2 aromatic rings. The summed E-state index contributed by atoms with van der Waals surface area (Å²) in [5, 5.41) is 1.10. The number of hydrogen-bond donors (Lipinski definition) is 0. The second-order valence-electron chi connectivity index (χ2n) is 5.17. The van der Waals surface area contributed by atoms with Gasteiger partial charge in [0.25, 0.3) is 11.5 Å². The molecule has 1 aromatic heterocycles. The van der Waals surface area contributed by atoms with Crippen LogP contribution in [0.15, 0.2) is 29.1 Å². The number of aromatic nitrogens is 1. The molecule has 0 unspecified atom stereocenters. The van der Waals surface area contributed by atoms with Crippen LogP contribution in [0, 0.1) is 0 Å². The number of morpholine rings is 1. The van der Waals surface area contributed by atoms with E-state index in [4.69, 9.17) is 14.3 Å². The molecule has 0 bridgehead atoms. The summed E-state index contributed by atoms with van der Waals surface area (Å²) in [7, 11) is 2.92. The van der Waals surface area contributed by atoms with E-state index in [0.29, 0.717) is 42.8 Å². The fourth-order valence-electron chi connectivity index (χ4n) is 2.66. The molecule has 1 saturated heterocycles. The van der Waals surface area contributed by atoms with E-state index in [1.807, 2.05) is 0 Å². The van der Waals surface area contributed by atoms with Gasteiger partial charge in [-0.2, -0.15) is 0 Å². The lowest BCUT2D eigenvalue weighted by atomic mass is 10.1. The van der Waals surface area contributed by atoms with Gasteiger partial charge in [-0.25, -0.2) is 0 Å². The zero-order chi connectivity index (χ0) is 16.4. The fourth-order valence-corrected chi connectivity index (χ4v) is 2.66. The number of fused-ring (bicyclic) bond motifs is 1. The smallest absolute Gasteiger partial charge is 0.291 e. The van der Waals surface area contributed by atoms with Gasteiger partial charge >= 0.3 is 0 Å². The summed E-state index contributed by atoms with van der Waals surface area (Å²) in [6.07, 6.45) is 0. The van der Waals surface area contributed by atoms with Crippen LogP contribution in [0.5, 0.6) is 5.75 Å².